The minimum absolute atomic E-state index is 0.0186. The van der Waals surface area contributed by atoms with E-state index in [2.05, 4.69) is 20.9 Å². The van der Waals surface area contributed by atoms with Gasteiger partial charge >= 0.3 is 0 Å². The molecule has 0 amide bonds. The molecule has 0 spiro atoms. The van der Waals surface area contributed by atoms with Crippen LogP contribution in [0, 0.1) is 5.82 Å². The van der Waals surface area contributed by atoms with E-state index < -0.39 is 11.9 Å². The van der Waals surface area contributed by atoms with Crippen molar-refractivity contribution in [2.75, 3.05) is 0 Å². The molecule has 5 heteroatoms. The fourth-order valence-corrected chi connectivity index (χ4v) is 2.29. The SMILES string of the molecule is CC(C)Oc1cncc(C(O)c2cc(F)ccc2Br)c1. The molecule has 1 heterocycles. The number of benzene rings is 1. The van der Waals surface area contributed by atoms with Crippen molar-refractivity contribution < 1.29 is 14.2 Å². The van der Waals surface area contributed by atoms with Gasteiger partial charge in [0.25, 0.3) is 0 Å². The Balaban J connectivity index is 2.33. The van der Waals surface area contributed by atoms with Crippen LogP contribution < -0.4 is 4.74 Å². The third-order valence-electron chi connectivity index (χ3n) is 2.67. The third-order valence-corrected chi connectivity index (χ3v) is 3.40. The van der Waals surface area contributed by atoms with Crippen LogP contribution >= 0.6 is 15.9 Å². The van der Waals surface area contributed by atoms with Gasteiger partial charge in [-0.2, -0.15) is 0 Å². The van der Waals surface area contributed by atoms with Gasteiger partial charge in [-0.1, -0.05) is 15.9 Å². The van der Waals surface area contributed by atoms with Gasteiger partial charge in [-0.3, -0.25) is 4.98 Å². The number of pyridine rings is 1. The lowest BCUT2D eigenvalue weighted by atomic mass is 10.0. The highest BCUT2D eigenvalue weighted by Crippen LogP contribution is 2.30. The lowest BCUT2D eigenvalue weighted by Gasteiger charge is -2.15. The summed E-state index contributed by atoms with van der Waals surface area (Å²) in [7, 11) is 0. The summed E-state index contributed by atoms with van der Waals surface area (Å²) >= 11 is 3.31. The first-order valence-corrected chi connectivity index (χ1v) is 7.01. The molecule has 2 aromatic rings. The number of rotatable bonds is 4. The van der Waals surface area contributed by atoms with E-state index in [0.29, 0.717) is 21.3 Å². The van der Waals surface area contributed by atoms with E-state index in [-0.39, 0.29) is 6.10 Å². The van der Waals surface area contributed by atoms with Gasteiger partial charge in [0.2, 0.25) is 0 Å². The minimum atomic E-state index is -0.969. The first kappa shape index (κ1) is 14.9. The zero-order valence-electron chi connectivity index (χ0n) is 11.2. The fourth-order valence-electron chi connectivity index (χ4n) is 1.83. The molecule has 1 aromatic heterocycles. The van der Waals surface area contributed by atoms with Crippen LogP contribution in [-0.2, 0) is 0 Å². The molecule has 1 unspecified atom stereocenters. The van der Waals surface area contributed by atoms with E-state index in [1.54, 1.807) is 18.3 Å². The van der Waals surface area contributed by atoms with Crippen molar-refractivity contribution in [1.29, 1.82) is 0 Å². The summed E-state index contributed by atoms with van der Waals surface area (Å²) in [5.74, 6) is 0.175. The number of nitrogens with zero attached hydrogens (tertiary/aromatic N) is 1. The lowest BCUT2D eigenvalue weighted by Crippen LogP contribution is -2.07. The molecule has 20 heavy (non-hydrogen) atoms. The average Bonchev–Trinajstić information content (AvgIpc) is 2.40. The summed E-state index contributed by atoms with van der Waals surface area (Å²) in [5.41, 5.74) is 1.00. The monoisotopic (exact) mass is 339 g/mol. The normalized spacial score (nSPS) is 12.5. The zero-order valence-corrected chi connectivity index (χ0v) is 12.8. The van der Waals surface area contributed by atoms with Crippen molar-refractivity contribution in [1.82, 2.24) is 4.98 Å². The van der Waals surface area contributed by atoms with Crippen LogP contribution in [0.3, 0.4) is 0 Å². The number of ether oxygens (including phenoxy) is 1. The summed E-state index contributed by atoms with van der Waals surface area (Å²) in [4.78, 5) is 4.04. The van der Waals surface area contributed by atoms with Gasteiger partial charge < -0.3 is 9.84 Å². The largest absolute Gasteiger partial charge is 0.489 e. The van der Waals surface area contributed by atoms with E-state index in [1.807, 2.05) is 13.8 Å². The first-order chi connectivity index (χ1) is 9.47. The first-order valence-electron chi connectivity index (χ1n) is 6.22. The maximum Gasteiger partial charge on any atom is 0.138 e. The van der Waals surface area contributed by atoms with Crippen molar-refractivity contribution >= 4 is 15.9 Å². The molecule has 0 bridgehead atoms. The van der Waals surface area contributed by atoms with Crippen molar-refractivity contribution in [3.8, 4) is 5.75 Å². The Morgan fingerprint density at radius 1 is 1.25 bits per heavy atom. The van der Waals surface area contributed by atoms with Crippen LogP contribution in [0.5, 0.6) is 5.75 Å². The molecule has 1 aromatic carbocycles. The van der Waals surface area contributed by atoms with Crippen LogP contribution in [0.1, 0.15) is 31.1 Å². The van der Waals surface area contributed by atoms with Gasteiger partial charge in [0, 0.05) is 21.8 Å². The van der Waals surface area contributed by atoms with Crippen LogP contribution in [0.15, 0.2) is 41.1 Å². The van der Waals surface area contributed by atoms with Crippen LogP contribution in [0.25, 0.3) is 0 Å². The molecule has 0 saturated carbocycles. The van der Waals surface area contributed by atoms with E-state index in [0.717, 1.165) is 0 Å². The molecule has 0 aliphatic carbocycles. The van der Waals surface area contributed by atoms with Crippen LogP contribution in [-0.4, -0.2) is 16.2 Å². The maximum absolute atomic E-state index is 13.3. The quantitative estimate of drug-likeness (QED) is 0.919. The second kappa shape index (κ2) is 6.33. The highest BCUT2D eigenvalue weighted by molar-refractivity contribution is 9.10. The van der Waals surface area contributed by atoms with Crippen molar-refractivity contribution in [2.45, 2.75) is 26.1 Å². The molecule has 1 N–H and O–H groups in total. The molecular formula is C15H15BrFNO2. The predicted octanol–water partition coefficient (Wildman–Crippen LogP) is 3.85. The zero-order chi connectivity index (χ0) is 14.7. The number of aliphatic hydroxyl groups is 1. The van der Waals surface area contributed by atoms with Gasteiger partial charge in [0.1, 0.15) is 17.7 Å². The van der Waals surface area contributed by atoms with Gasteiger partial charge in [-0.15, -0.1) is 0 Å². The molecule has 1 atom stereocenters. The third kappa shape index (κ3) is 3.55. The highest BCUT2D eigenvalue weighted by atomic mass is 79.9. The standard InChI is InChI=1S/C15H15BrFNO2/c1-9(2)20-12-5-10(7-18-8-12)15(19)13-6-11(17)3-4-14(13)16/h3-9,15,19H,1-2H3. The Hall–Kier alpha value is -1.46. The van der Waals surface area contributed by atoms with Gasteiger partial charge in [0.05, 0.1) is 12.3 Å². The molecule has 0 aliphatic heterocycles. The Morgan fingerprint density at radius 2 is 2.00 bits per heavy atom. The Kier molecular flexibility index (Phi) is 4.73. The number of aromatic nitrogens is 1. The van der Waals surface area contributed by atoms with Gasteiger partial charge in [-0.25, -0.2) is 4.39 Å². The van der Waals surface area contributed by atoms with Crippen LogP contribution in [0.4, 0.5) is 4.39 Å². The Labute approximate surface area is 125 Å². The van der Waals surface area contributed by atoms with E-state index >= 15 is 0 Å². The summed E-state index contributed by atoms with van der Waals surface area (Å²) in [6.07, 6.45) is 2.17. The second-order valence-electron chi connectivity index (χ2n) is 4.69. The molecule has 3 nitrogen and oxygen atoms in total. The van der Waals surface area contributed by atoms with Crippen LogP contribution in [0.2, 0.25) is 0 Å². The molecule has 0 fully saturated rings. The highest BCUT2D eigenvalue weighted by Gasteiger charge is 2.16. The second-order valence-corrected chi connectivity index (χ2v) is 5.54. The van der Waals surface area contributed by atoms with E-state index in [4.69, 9.17) is 4.74 Å². The summed E-state index contributed by atoms with van der Waals surface area (Å²) in [5, 5.41) is 10.4. The summed E-state index contributed by atoms with van der Waals surface area (Å²) < 4.78 is 19.5. The number of aliphatic hydroxyl groups excluding tert-OH is 1. The summed E-state index contributed by atoms with van der Waals surface area (Å²) in [6.45, 7) is 3.82. The lowest BCUT2D eigenvalue weighted by molar-refractivity contribution is 0.214. The van der Waals surface area contributed by atoms with Crippen molar-refractivity contribution in [3.63, 3.8) is 0 Å². The number of hydrogen-bond acceptors (Lipinski definition) is 3. The topological polar surface area (TPSA) is 42.4 Å². The van der Waals surface area contributed by atoms with Crippen molar-refractivity contribution in [3.05, 3.63) is 58.1 Å². The molecule has 2 rings (SSSR count). The van der Waals surface area contributed by atoms with E-state index in [9.17, 15) is 9.50 Å². The Bertz CT molecular complexity index is 604. The molecular weight excluding hydrogens is 325 g/mol. The predicted molar refractivity (Wildman–Crippen MR) is 78.2 cm³/mol. The molecule has 106 valence electrons. The smallest absolute Gasteiger partial charge is 0.138 e. The van der Waals surface area contributed by atoms with E-state index in [1.165, 1.54) is 18.3 Å². The Morgan fingerprint density at radius 3 is 2.70 bits per heavy atom. The van der Waals surface area contributed by atoms with Gasteiger partial charge in [-0.05, 0) is 38.1 Å². The summed E-state index contributed by atoms with van der Waals surface area (Å²) in [6, 6.07) is 5.90. The number of halogens is 2. The maximum atomic E-state index is 13.3. The minimum Gasteiger partial charge on any atom is -0.489 e. The van der Waals surface area contributed by atoms with Crippen molar-refractivity contribution in [2.24, 2.45) is 0 Å². The van der Waals surface area contributed by atoms with Gasteiger partial charge in [0.15, 0.2) is 0 Å². The molecule has 0 saturated heterocycles. The fraction of sp³-hybridized carbons (Fsp3) is 0.267. The molecule has 0 radical (unpaired) electrons. The average molecular weight is 340 g/mol. The number of hydrogen-bond donors (Lipinski definition) is 1. The molecule has 0 aliphatic rings.